The SMILES string of the molecule is COc1cccc(F)c1C(O)CCN1CCCC(C)(C)C1. The van der Waals surface area contributed by atoms with E-state index in [-0.39, 0.29) is 5.56 Å². The molecule has 0 radical (unpaired) electrons. The molecule has 1 unspecified atom stereocenters. The number of nitrogens with zero attached hydrogens (tertiary/aromatic N) is 1. The number of benzene rings is 1. The monoisotopic (exact) mass is 295 g/mol. The van der Waals surface area contributed by atoms with Gasteiger partial charge >= 0.3 is 0 Å². The first-order valence-electron chi connectivity index (χ1n) is 7.66. The predicted octanol–water partition coefficient (Wildman–Crippen LogP) is 3.38. The second-order valence-electron chi connectivity index (χ2n) is 6.70. The van der Waals surface area contributed by atoms with Gasteiger partial charge in [-0.25, -0.2) is 4.39 Å². The average Bonchev–Trinajstić information content (AvgIpc) is 2.43. The smallest absolute Gasteiger partial charge is 0.132 e. The summed E-state index contributed by atoms with van der Waals surface area (Å²) in [5, 5.41) is 10.3. The molecule has 1 heterocycles. The maximum absolute atomic E-state index is 13.9. The summed E-state index contributed by atoms with van der Waals surface area (Å²) in [5.74, 6) is 0.0160. The van der Waals surface area contributed by atoms with Crippen molar-refractivity contribution < 1.29 is 14.2 Å². The van der Waals surface area contributed by atoms with Crippen molar-refractivity contribution in [2.24, 2.45) is 5.41 Å². The van der Waals surface area contributed by atoms with Crippen molar-refractivity contribution in [2.75, 3.05) is 26.7 Å². The van der Waals surface area contributed by atoms with E-state index in [2.05, 4.69) is 18.7 Å². The van der Waals surface area contributed by atoms with Crippen molar-refractivity contribution in [3.05, 3.63) is 29.6 Å². The quantitative estimate of drug-likeness (QED) is 0.904. The van der Waals surface area contributed by atoms with Crippen LogP contribution in [0.4, 0.5) is 4.39 Å². The van der Waals surface area contributed by atoms with Gasteiger partial charge in [0.15, 0.2) is 0 Å². The highest BCUT2D eigenvalue weighted by molar-refractivity contribution is 5.36. The number of hydrogen-bond acceptors (Lipinski definition) is 3. The fraction of sp³-hybridized carbons (Fsp3) is 0.647. The first kappa shape index (κ1) is 16.2. The van der Waals surface area contributed by atoms with Crippen LogP contribution in [-0.4, -0.2) is 36.8 Å². The molecule has 118 valence electrons. The van der Waals surface area contributed by atoms with Crippen molar-refractivity contribution in [1.82, 2.24) is 4.90 Å². The van der Waals surface area contributed by atoms with Gasteiger partial charge in [-0.1, -0.05) is 19.9 Å². The zero-order valence-electron chi connectivity index (χ0n) is 13.2. The van der Waals surface area contributed by atoms with Crippen molar-refractivity contribution >= 4 is 0 Å². The van der Waals surface area contributed by atoms with E-state index in [0.717, 1.165) is 19.6 Å². The van der Waals surface area contributed by atoms with Crippen molar-refractivity contribution in [3.8, 4) is 5.75 Å². The minimum Gasteiger partial charge on any atom is -0.496 e. The van der Waals surface area contributed by atoms with Gasteiger partial charge in [0.1, 0.15) is 11.6 Å². The van der Waals surface area contributed by atoms with E-state index >= 15 is 0 Å². The lowest BCUT2D eigenvalue weighted by Gasteiger charge is -2.38. The molecule has 0 aromatic heterocycles. The van der Waals surface area contributed by atoms with E-state index in [1.807, 2.05) is 0 Å². The minimum atomic E-state index is -0.828. The van der Waals surface area contributed by atoms with E-state index in [4.69, 9.17) is 4.74 Å². The molecule has 1 aromatic rings. The molecular weight excluding hydrogens is 269 g/mol. The lowest BCUT2D eigenvalue weighted by atomic mass is 9.84. The number of rotatable bonds is 5. The van der Waals surface area contributed by atoms with Gasteiger partial charge in [-0.05, 0) is 43.4 Å². The van der Waals surface area contributed by atoms with Crippen molar-refractivity contribution in [2.45, 2.75) is 39.2 Å². The molecule has 21 heavy (non-hydrogen) atoms. The van der Waals surface area contributed by atoms with Crippen LogP contribution in [-0.2, 0) is 0 Å². The average molecular weight is 295 g/mol. The molecule has 3 nitrogen and oxygen atoms in total. The number of hydrogen-bond donors (Lipinski definition) is 1. The summed E-state index contributed by atoms with van der Waals surface area (Å²) in [6.07, 6.45) is 2.12. The summed E-state index contributed by atoms with van der Waals surface area (Å²) in [7, 11) is 1.50. The molecule has 0 bridgehead atoms. The van der Waals surface area contributed by atoms with Gasteiger partial charge in [-0.2, -0.15) is 0 Å². The number of piperidine rings is 1. The Morgan fingerprint density at radius 2 is 2.19 bits per heavy atom. The van der Waals surface area contributed by atoms with Gasteiger partial charge in [0, 0.05) is 13.1 Å². The summed E-state index contributed by atoms with van der Waals surface area (Å²) < 4.78 is 19.1. The Morgan fingerprint density at radius 1 is 1.43 bits per heavy atom. The van der Waals surface area contributed by atoms with Crippen LogP contribution in [0, 0.1) is 11.2 Å². The van der Waals surface area contributed by atoms with E-state index in [9.17, 15) is 9.50 Å². The lowest BCUT2D eigenvalue weighted by Crippen LogP contribution is -2.40. The third-order valence-electron chi connectivity index (χ3n) is 4.26. The molecule has 1 aliphatic heterocycles. The number of ether oxygens (including phenoxy) is 1. The summed E-state index contributed by atoms with van der Waals surface area (Å²) in [6, 6.07) is 4.65. The van der Waals surface area contributed by atoms with Crippen LogP contribution in [0.2, 0.25) is 0 Å². The standard InChI is InChI=1S/C17H26FNO2/c1-17(2)9-5-10-19(12-17)11-8-14(20)16-13(18)6-4-7-15(16)21-3/h4,6-7,14,20H,5,8-12H2,1-3H3. The number of likely N-dealkylation sites (tertiary alicyclic amines) is 1. The van der Waals surface area contributed by atoms with Crippen molar-refractivity contribution in [3.63, 3.8) is 0 Å². The Labute approximate surface area is 126 Å². The Bertz CT molecular complexity index is 476. The van der Waals surface area contributed by atoms with E-state index in [1.54, 1.807) is 12.1 Å². The van der Waals surface area contributed by atoms with Gasteiger partial charge < -0.3 is 14.7 Å². The van der Waals surface area contributed by atoms with Crippen LogP contribution in [0.1, 0.15) is 44.8 Å². The molecule has 1 fully saturated rings. The van der Waals surface area contributed by atoms with Gasteiger partial charge in [-0.15, -0.1) is 0 Å². The van der Waals surface area contributed by atoms with Gasteiger partial charge in [0.25, 0.3) is 0 Å². The molecule has 1 aliphatic rings. The molecule has 0 amide bonds. The molecule has 1 atom stereocenters. The van der Waals surface area contributed by atoms with E-state index in [0.29, 0.717) is 17.6 Å². The zero-order chi connectivity index (χ0) is 15.5. The van der Waals surface area contributed by atoms with Gasteiger partial charge in [0.2, 0.25) is 0 Å². The second-order valence-corrected chi connectivity index (χ2v) is 6.70. The summed E-state index contributed by atoms with van der Waals surface area (Å²) >= 11 is 0. The number of halogens is 1. The van der Waals surface area contributed by atoms with Crippen LogP contribution in [0.25, 0.3) is 0 Å². The predicted molar refractivity (Wildman–Crippen MR) is 82.0 cm³/mol. The highest BCUT2D eigenvalue weighted by Gasteiger charge is 2.27. The third kappa shape index (κ3) is 4.17. The normalized spacial score (nSPS) is 20.2. The van der Waals surface area contributed by atoms with Gasteiger partial charge in [-0.3, -0.25) is 0 Å². The maximum Gasteiger partial charge on any atom is 0.132 e. The van der Waals surface area contributed by atoms with Crippen LogP contribution in [0.3, 0.4) is 0 Å². The molecule has 2 rings (SSSR count). The van der Waals surface area contributed by atoms with E-state index in [1.165, 1.54) is 26.0 Å². The molecule has 0 saturated carbocycles. The molecule has 1 N–H and O–H groups in total. The maximum atomic E-state index is 13.9. The summed E-state index contributed by atoms with van der Waals surface area (Å²) in [6.45, 7) is 7.42. The Balaban J connectivity index is 1.97. The Kier molecular flexibility index (Phi) is 5.22. The number of aliphatic hydroxyl groups excluding tert-OH is 1. The molecule has 0 aliphatic carbocycles. The highest BCUT2D eigenvalue weighted by atomic mass is 19.1. The van der Waals surface area contributed by atoms with Crippen LogP contribution in [0.5, 0.6) is 5.75 Å². The molecule has 4 heteroatoms. The number of methoxy groups -OCH3 is 1. The van der Waals surface area contributed by atoms with Crippen LogP contribution >= 0.6 is 0 Å². The fourth-order valence-corrected chi connectivity index (χ4v) is 3.20. The fourth-order valence-electron chi connectivity index (χ4n) is 3.20. The Hall–Kier alpha value is -1.13. The van der Waals surface area contributed by atoms with Crippen molar-refractivity contribution in [1.29, 1.82) is 0 Å². The summed E-state index contributed by atoms with van der Waals surface area (Å²) in [4.78, 5) is 2.36. The largest absolute Gasteiger partial charge is 0.496 e. The molecule has 1 saturated heterocycles. The molecule has 0 spiro atoms. The van der Waals surface area contributed by atoms with Crippen LogP contribution < -0.4 is 4.74 Å². The zero-order valence-corrected chi connectivity index (χ0v) is 13.2. The first-order valence-corrected chi connectivity index (χ1v) is 7.66. The third-order valence-corrected chi connectivity index (χ3v) is 4.26. The minimum absolute atomic E-state index is 0.274. The van der Waals surface area contributed by atoms with Crippen LogP contribution in [0.15, 0.2) is 18.2 Å². The van der Waals surface area contributed by atoms with E-state index < -0.39 is 11.9 Å². The van der Waals surface area contributed by atoms with Gasteiger partial charge in [0.05, 0.1) is 18.8 Å². The lowest BCUT2D eigenvalue weighted by molar-refractivity contribution is 0.0878. The summed E-state index contributed by atoms with van der Waals surface area (Å²) in [5.41, 5.74) is 0.607. The Morgan fingerprint density at radius 3 is 2.86 bits per heavy atom. The molecular formula is C17H26FNO2. The number of aliphatic hydroxyl groups is 1. The highest BCUT2D eigenvalue weighted by Crippen LogP contribution is 2.32. The molecule has 1 aromatic carbocycles. The first-order chi connectivity index (χ1) is 9.93. The topological polar surface area (TPSA) is 32.7 Å². The second kappa shape index (κ2) is 6.75.